The van der Waals surface area contributed by atoms with Crippen molar-refractivity contribution in [3.63, 3.8) is 0 Å². The van der Waals surface area contributed by atoms with Crippen LogP contribution >= 0.6 is 0 Å². The molecule has 2 fully saturated rings. The fraction of sp³-hybridized carbons (Fsp3) is 0.474. The van der Waals surface area contributed by atoms with Gasteiger partial charge in [0.15, 0.2) is 0 Å². The van der Waals surface area contributed by atoms with Crippen molar-refractivity contribution in [2.24, 2.45) is 13.0 Å². The lowest BCUT2D eigenvalue weighted by atomic mass is 9.78. The van der Waals surface area contributed by atoms with Crippen LogP contribution < -0.4 is 5.32 Å². The standard InChI is InChI=1S/C19H24N4O2/c1-22-11-4-5-16(22)18(24)23-13-19(14-23)15(8-12-25-19)7-10-21-17-6-2-3-9-20-17/h2-6,9,11,15H,7-8,10,12-14H2,1H3,(H,20,21)/t15-/m1/s1. The van der Waals surface area contributed by atoms with Crippen molar-refractivity contribution in [1.82, 2.24) is 14.5 Å². The molecule has 2 aliphatic heterocycles. The Bertz CT molecular complexity index is 737. The summed E-state index contributed by atoms with van der Waals surface area (Å²) in [5.41, 5.74) is 0.591. The van der Waals surface area contributed by atoms with Gasteiger partial charge in [-0.15, -0.1) is 0 Å². The molecule has 4 heterocycles. The lowest BCUT2D eigenvalue weighted by molar-refractivity contribution is -0.117. The van der Waals surface area contributed by atoms with Gasteiger partial charge in [0.2, 0.25) is 0 Å². The quantitative estimate of drug-likeness (QED) is 0.906. The van der Waals surface area contributed by atoms with Gasteiger partial charge in [0.05, 0.1) is 13.1 Å². The number of ether oxygens (including phenoxy) is 1. The average molecular weight is 340 g/mol. The third-order valence-electron chi connectivity index (χ3n) is 5.43. The molecule has 4 rings (SSSR count). The van der Waals surface area contributed by atoms with Gasteiger partial charge >= 0.3 is 0 Å². The number of anilines is 1. The number of hydrogen-bond acceptors (Lipinski definition) is 4. The second-order valence-electron chi connectivity index (χ2n) is 6.99. The highest BCUT2D eigenvalue weighted by molar-refractivity contribution is 5.93. The van der Waals surface area contributed by atoms with Crippen LogP contribution in [0.2, 0.25) is 0 Å². The van der Waals surface area contributed by atoms with Crippen LogP contribution in [-0.4, -0.2) is 52.2 Å². The second kappa shape index (κ2) is 6.52. The van der Waals surface area contributed by atoms with Crippen LogP contribution in [0.25, 0.3) is 0 Å². The maximum absolute atomic E-state index is 12.6. The van der Waals surface area contributed by atoms with Crippen molar-refractivity contribution < 1.29 is 9.53 Å². The van der Waals surface area contributed by atoms with Gasteiger partial charge < -0.3 is 19.5 Å². The highest BCUT2D eigenvalue weighted by Gasteiger charge is 2.54. The number of pyridine rings is 1. The van der Waals surface area contributed by atoms with E-state index in [0.717, 1.165) is 37.5 Å². The Morgan fingerprint density at radius 2 is 2.24 bits per heavy atom. The summed E-state index contributed by atoms with van der Waals surface area (Å²) in [6.45, 7) is 3.06. The van der Waals surface area contributed by atoms with Crippen LogP contribution in [0.4, 0.5) is 5.82 Å². The molecule has 1 atom stereocenters. The smallest absolute Gasteiger partial charge is 0.270 e. The summed E-state index contributed by atoms with van der Waals surface area (Å²) in [5, 5.41) is 3.37. The SMILES string of the molecule is Cn1cccc1C(=O)N1CC2(C1)OCC[C@H]2CCNc1ccccn1. The van der Waals surface area contributed by atoms with Gasteiger partial charge in [-0.25, -0.2) is 4.98 Å². The van der Waals surface area contributed by atoms with Gasteiger partial charge in [-0.3, -0.25) is 4.79 Å². The summed E-state index contributed by atoms with van der Waals surface area (Å²) in [4.78, 5) is 18.8. The van der Waals surface area contributed by atoms with E-state index in [2.05, 4.69) is 10.3 Å². The molecule has 0 aromatic carbocycles. The van der Waals surface area contributed by atoms with Crippen molar-refractivity contribution in [1.29, 1.82) is 0 Å². The monoisotopic (exact) mass is 340 g/mol. The zero-order valence-corrected chi connectivity index (χ0v) is 14.5. The summed E-state index contributed by atoms with van der Waals surface area (Å²) in [5.74, 6) is 1.49. The molecule has 132 valence electrons. The summed E-state index contributed by atoms with van der Waals surface area (Å²) in [7, 11) is 1.90. The number of rotatable bonds is 5. The molecular formula is C19H24N4O2. The summed E-state index contributed by atoms with van der Waals surface area (Å²) in [6.07, 6.45) is 5.79. The summed E-state index contributed by atoms with van der Waals surface area (Å²) >= 11 is 0. The van der Waals surface area contributed by atoms with Gasteiger partial charge in [0.25, 0.3) is 5.91 Å². The number of aryl methyl sites for hydroxylation is 1. The molecule has 6 heteroatoms. The number of nitrogens with one attached hydrogen (secondary N) is 1. The minimum atomic E-state index is -0.146. The molecule has 1 amide bonds. The third kappa shape index (κ3) is 3.02. The van der Waals surface area contributed by atoms with Gasteiger partial charge in [0, 0.05) is 32.6 Å². The number of hydrogen-bond donors (Lipinski definition) is 1. The van der Waals surface area contributed by atoms with E-state index in [0.29, 0.717) is 19.0 Å². The molecule has 0 saturated carbocycles. The van der Waals surface area contributed by atoms with Crippen LogP contribution in [0.1, 0.15) is 23.3 Å². The first-order valence-corrected chi connectivity index (χ1v) is 8.87. The van der Waals surface area contributed by atoms with E-state index in [4.69, 9.17) is 4.74 Å². The predicted octanol–water partition coefficient (Wildman–Crippen LogP) is 2.15. The van der Waals surface area contributed by atoms with Crippen molar-refractivity contribution in [3.8, 4) is 0 Å². The number of likely N-dealkylation sites (tertiary alicyclic amines) is 1. The second-order valence-corrected chi connectivity index (χ2v) is 6.99. The van der Waals surface area contributed by atoms with E-state index in [9.17, 15) is 4.79 Å². The highest BCUT2D eigenvalue weighted by atomic mass is 16.5. The molecule has 2 saturated heterocycles. The predicted molar refractivity (Wildman–Crippen MR) is 95.5 cm³/mol. The first kappa shape index (κ1) is 16.1. The lowest BCUT2D eigenvalue weighted by Gasteiger charge is -2.50. The Labute approximate surface area is 147 Å². The summed E-state index contributed by atoms with van der Waals surface area (Å²) in [6, 6.07) is 9.65. The molecule has 1 spiro atoms. The molecular weight excluding hydrogens is 316 g/mol. The number of carbonyl (C=O) groups is 1. The van der Waals surface area contributed by atoms with Crippen LogP contribution in [-0.2, 0) is 11.8 Å². The minimum Gasteiger partial charge on any atom is -0.371 e. The molecule has 2 aromatic heterocycles. The number of aromatic nitrogens is 2. The zero-order chi connectivity index (χ0) is 17.3. The average Bonchev–Trinajstić information content (AvgIpc) is 3.20. The normalized spacial score (nSPS) is 21.3. The minimum absolute atomic E-state index is 0.0963. The molecule has 0 unspecified atom stereocenters. The number of nitrogens with zero attached hydrogens (tertiary/aromatic N) is 3. The number of amides is 1. The maximum Gasteiger partial charge on any atom is 0.270 e. The van der Waals surface area contributed by atoms with Crippen molar-refractivity contribution in [3.05, 3.63) is 48.4 Å². The zero-order valence-electron chi connectivity index (χ0n) is 14.5. The largest absolute Gasteiger partial charge is 0.371 e. The van der Waals surface area contributed by atoms with Crippen molar-refractivity contribution in [2.45, 2.75) is 18.4 Å². The fourth-order valence-electron chi connectivity index (χ4n) is 3.97. The Kier molecular flexibility index (Phi) is 4.21. The van der Waals surface area contributed by atoms with Gasteiger partial charge in [-0.05, 0) is 43.0 Å². The molecule has 6 nitrogen and oxygen atoms in total. The molecule has 0 aliphatic carbocycles. The first-order chi connectivity index (χ1) is 12.2. The van der Waals surface area contributed by atoms with E-state index in [1.54, 1.807) is 6.20 Å². The van der Waals surface area contributed by atoms with E-state index >= 15 is 0 Å². The van der Waals surface area contributed by atoms with Crippen LogP contribution in [0.5, 0.6) is 0 Å². The maximum atomic E-state index is 12.6. The van der Waals surface area contributed by atoms with Crippen LogP contribution in [0.3, 0.4) is 0 Å². The molecule has 0 bridgehead atoms. The molecule has 2 aliphatic rings. The van der Waals surface area contributed by atoms with Gasteiger partial charge in [-0.1, -0.05) is 6.07 Å². The Balaban J connectivity index is 1.32. The molecule has 25 heavy (non-hydrogen) atoms. The third-order valence-corrected chi connectivity index (χ3v) is 5.43. The van der Waals surface area contributed by atoms with E-state index in [1.807, 2.05) is 53.0 Å². The number of carbonyl (C=O) groups excluding carboxylic acids is 1. The first-order valence-electron chi connectivity index (χ1n) is 8.87. The highest BCUT2D eigenvalue weighted by Crippen LogP contribution is 2.42. The lowest BCUT2D eigenvalue weighted by Crippen LogP contribution is -2.66. The van der Waals surface area contributed by atoms with Crippen molar-refractivity contribution in [2.75, 3.05) is 31.6 Å². The Morgan fingerprint density at radius 3 is 2.96 bits per heavy atom. The van der Waals surface area contributed by atoms with Crippen molar-refractivity contribution >= 4 is 11.7 Å². The van der Waals surface area contributed by atoms with E-state index < -0.39 is 0 Å². The molecule has 0 radical (unpaired) electrons. The Morgan fingerprint density at radius 1 is 1.36 bits per heavy atom. The molecule has 1 N–H and O–H groups in total. The van der Waals surface area contributed by atoms with Gasteiger partial charge in [0.1, 0.15) is 17.1 Å². The van der Waals surface area contributed by atoms with E-state index in [1.165, 1.54) is 0 Å². The van der Waals surface area contributed by atoms with Gasteiger partial charge in [-0.2, -0.15) is 0 Å². The van der Waals surface area contributed by atoms with Crippen LogP contribution in [0.15, 0.2) is 42.7 Å². The topological polar surface area (TPSA) is 59.4 Å². The fourth-order valence-corrected chi connectivity index (χ4v) is 3.97. The molecule has 2 aromatic rings. The van der Waals surface area contributed by atoms with E-state index in [-0.39, 0.29) is 11.5 Å². The summed E-state index contributed by atoms with van der Waals surface area (Å²) < 4.78 is 7.95. The van der Waals surface area contributed by atoms with Crippen LogP contribution in [0, 0.1) is 5.92 Å². The Hall–Kier alpha value is -2.34.